The molecule has 0 aliphatic rings. The molecule has 2 nitrogen and oxygen atoms in total. The van der Waals surface area contributed by atoms with Gasteiger partial charge in [0.05, 0.1) is 0 Å². The van der Waals surface area contributed by atoms with E-state index < -0.39 is 0 Å². The van der Waals surface area contributed by atoms with Gasteiger partial charge in [0.1, 0.15) is 0 Å². The molecule has 0 saturated carbocycles. The van der Waals surface area contributed by atoms with Crippen molar-refractivity contribution in [1.29, 1.82) is 0 Å². The number of benzene rings is 1. The lowest BCUT2D eigenvalue weighted by Crippen LogP contribution is -2.18. The van der Waals surface area contributed by atoms with Gasteiger partial charge in [-0.2, -0.15) is 0 Å². The Morgan fingerprint density at radius 3 is 2.93 bits per heavy atom. The number of nitrogens with one attached hydrogen (secondary N) is 1. The molecule has 1 aromatic rings. The predicted molar refractivity (Wildman–Crippen MR) is 69.3 cm³/mol. The van der Waals surface area contributed by atoms with Crippen LogP contribution in [0.3, 0.4) is 0 Å². The van der Waals surface area contributed by atoms with Gasteiger partial charge in [-0.3, -0.25) is 0 Å². The smallest absolute Gasteiger partial charge is 0.0216 e. The molecule has 0 fully saturated rings. The zero-order valence-corrected chi connectivity index (χ0v) is 10.7. The summed E-state index contributed by atoms with van der Waals surface area (Å²) in [5.74, 6) is 0. The highest BCUT2D eigenvalue weighted by atomic mass is 127. The molecule has 0 atom stereocenters. The van der Waals surface area contributed by atoms with Gasteiger partial charge in [0.25, 0.3) is 0 Å². The van der Waals surface area contributed by atoms with Gasteiger partial charge >= 0.3 is 0 Å². The molecule has 0 saturated heterocycles. The molecule has 0 spiro atoms. The highest BCUT2D eigenvalue weighted by Gasteiger charge is 2.00. The van der Waals surface area contributed by atoms with Crippen LogP contribution in [0.4, 0.5) is 0 Å². The Balaban J connectivity index is 2.46. The quantitative estimate of drug-likeness (QED) is 0.645. The Hall–Kier alpha value is -0.130. The lowest BCUT2D eigenvalue weighted by molar-refractivity contribution is 0.654. The summed E-state index contributed by atoms with van der Waals surface area (Å²) in [4.78, 5) is 0. The fourth-order valence-corrected chi connectivity index (χ4v) is 1.85. The summed E-state index contributed by atoms with van der Waals surface area (Å²) in [6.07, 6.45) is 1.04. The first-order valence-electron chi connectivity index (χ1n) is 4.90. The average molecular weight is 304 g/mol. The third-order valence-corrected chi connectivity index (χ3v) is 3.69. The summed E-state index contributed by atoms with van der Waals surface area (Å²) >= 11 is 2.40. The predicted octanol–water partition coefficient (Wildman–Crippen LogP) is 2.04. The second-order valence-corrected chi connectivity index (χ2v) is 4.45. The average Bonchev–Trinajstić information content (AvgIpc) is 2.19. The molecular formula is C11H17IN2. The van der Waals surface area contributed by atoms with E-state index in [9.17, 15) is 0 Å². The van der Waals surface area contributed by atoms with Gasteiger partial charge in [0.15, 0.2) is 0 Å². The second-order valence-electron chi connectivity index (χ2n) is 3.37. The van der Waals surface area contributed by atoms with Crippen LogP contribution in [0.25, 0.3) is 0 Å². The molecule has 3 heteroatoms. The summed E-state index contributed by atoms with van der Waals surface area (Å²) in [5.41, 5.74) is 8.15. The van der Waals surface area contributed by atoms with E-state index in [1.165, 1.54) is 14.7 Å². The van der Waals surface area contributed by atoms with E-state index in [-0.39, 0.29) is 0 Å². The van der Waals surface area contributed by atoms with Crippen molar-refractivity contribution in [2.75, 3.05) is 13.1 Å². The fraction of sp³-hybridized carbons (Fsp3) is 0.455. The molecule has 0 aliphatic carbocycles. The molecule has 78 valence electrons. The topological polar surface area (TPSA) is 38.0 Å². The Kier molecular flexibility index (Phi) is 5.44. The molecule has 0 bridgehead atoms. The summed E-state index contributed by atoms with van der Waals surface area (Å²) in [5, 5.41) is 3.39. The van der Waals surface area contributed by atoms with Crippen molar-refractivity contribution in [3.63, 3.8) is 0 Å². The highest BCUT2D eigenvalue weighted by Crippen LogP contribution is 2.16. The summed E-state index contributed by atoms with van der Waals surface area (Å²) in [6.45, 7) is 4.85. The normalized spacial score (nSPS) is 10.5. The number of rotatable bonds is 5. The van der Waals surface area contributed by atoms with E-state index in [2.05, 4.69) is 53.0 Å². The van der Waals surface area contributed by atoms with Crippen LogP contribution < -0.4 is 11.1 Å². The highest BCUT2D eigenvalue weighted by molar-refractivity contribution is 14.1. The van der Waals surface area contributed by atoms with Crippen LogP contribution in [0, 0.1) is 10.5 Å². The first-order chi connectivity index (χ1) is 6.75. The number of aryl methyl sites for hydroxylation is 1. The van der Waals surface area contributed by atoms with Crippen LogP contribution in [0.2, 0.25) is 0 Å². The van der Waals surface area contributed by atoms with Crippen molar-refractivity contribution < 1.29 is 0 Å². The van der Waals surface area contributed by atoms with Crippen LogP contribution in [-0.4, -0.2) is 13.1 Å². The SMILES string of the molecule is Cc1cccc(CNCCCN)c1I. The van der Waals surface area contributed by atoms with Crippen molar-refractivity contribution in [3.8, 4) is 0 Å². The number of halogens is 1. The second kappa shape index (κ2) is 6.37. The fourth-order valence-electron chi connectivity index (χ4n) is 1.29. The Morgan fingerprint density at radius 1 is 1.43 bits per heavy atom. The van der Waals surface area contributed by atoms with E-state index >= 15 is 0 Å². The van der Waals surface area contributed by atoms with Crippen molar-refractivity contribution in [2.45, 2.75) is 19.9 Å². The standard InChI is InChI=1S/C11H17IN2/c1-9-4-2-5-10(11(9)12)8-14-7-3-6-13/h2,4-5,14H,3,6-8,13H2,1H3. The minimum atomic E-state index is 0.762. The number of nitrogens with two attached hydrogens (primary N) is 1. The Labute approximate surface area is 99.4 Å². The van der Waals surface area contributed by atoms with Gasteiger partial charge in [-0.05, 0) is 60.2 Å². The molecule has 0 aliphatic heterocycles. The number of hydrogen-bond acceptors (Lipinski definition) is 2. The molecule has 14 heavy (non-hydrogen) atoms. The first-order valence-corrected chi connectivity index (χ1v) is 5.98. The molecule has 0 amide bonds. The lowest BCUT2D eigenvalue weighted by atomic mass is 10.1. The van der Waals surface area contributed by atoms with Crippen LogP contribution in [0.1, 0.15) is 17.5 Å². The van der Waals surface area contributed by atoms with E-state index in [1.807, 2.05) is 0 Å². The Morgan fingerprint density at radius 2 is 2.21 bits per heavy atom. The maximum Gasteiger partial charge on any atom is 0.0216 e. The van der Waals surface area contributed by atoms with Crippen molar-refractivity contribution in [3.05, 3.63) is 32.9 Å². The van der Waals surface area contributed by atoms with Crippen molar-refractivity contribution in [2.24, 2.45) is 5.73 Å². The summed E-state index contributed by atoms with van der Waals surface area (Å²) in [6, 6.07) is 6.42. The summed E-state index contributed by atoms with van der Waals surface area (Å²) in [7, 11) is 0. The number of hydrogen-bond donors (Lipinski definition) is 2. The molecular weight excluding hydrogens is 287 g/mol. The van der Waals surface area contributed by atoms with E-state index in [0.29, 0.717) is 0 Å². The zero-order chi connectivity index (χ0) is 10.4. The molecule has 1 aromatic carbocycles. The molecule has 0 heterocycles. The molecule has 0 radical (unpaired) electrons. The van der Waals surface area contributed by atoms with Crippen molar-refractivity contribution >= 4 is 22.6 Å². The van der Waals surface area contributed by atoms with E-state index in [1.54, 1.807) is 0 Å². The van der Waals surface area contributed by atoms with Crippen LogP contribution in [0.15, 0.2) is 18.2 Å². The van der Waals surface area contributed by atoms with Gasteiger partial charge in [-0.25, -0.2) is 0 Å². The monoisotopic (exact) mass is 304 g/mol. The van der Waals surface area contributed by atoms with Gasteiger partial charge in [0, 0.05) is 10.1 Å². The molecule has 0 unspecified atom stereocenters. The van der Waals surface area contributed by atoms with Gasteiger partial charge in [-0.15, -0.1) is 0 Å². The largest absolute Gasteiger partial charge is 0.330 e. The molecule has 0 aromatic heterocycles. The maximum atomic E-state index is 5.42. The minimum Gasteiger partial charge on any atom is -0.330 e. The van der Waals surface area contributed by atoms with Crippen molar-refractivity contribution in [1.82, 2.24) is 5.32 Å². The van der Waals surface area contributed by atoms with E-state index in [0.717, 1.165) is 26.1 Å². The maximum absolute atomic E-state index is 5.42. The summed E-state index contributed by atoms with van der Waals surface area (Å²) < 4.78 is 1.37. The van der Waals surface area contributed by atoms with Gasteiger partial charge in [0.2, 0.25) is 0 Å². The molecule has 1 rings (SSSR count). The third kappa shape index (κ3) is 3.55. The van der Waals surface area contributed by atoms with Gasteiger partial charge < -0.3 is 11.1 Å². The lowest BCUT2D eigenvalue weighted by Gasteiger charge is -2.08. The minimum absolute atomic E-state index is 0.762. The van der Waals surface area contributed by atoms with E-state index in [4.69, 9.17) is 5.73 Å². The first kappa shape index (κ1) is 11.9. The van der Waals surface area contributed by atoms with Crippen LogP contribution in [-0.2, 0) is 6.54 Å². The third-order valence-electron chi connectivity index (χ3n) is 2.14. The van der Waals surface area contributed by atoms with Crippen LogP contribution in [0.5, 0.6) is 0 Å². The van der Waals surface area contributed by atoms with Gasteiger partial charge in [-0.1, -0.05) is 18.2 Å². The molecule has 3 N–H and O–H groups in total. The Bertz CT molecular complexity index is 287. The zero-order valence-electron chi connectivity index (χ0n) is 8.52. The van der Waals surface area contributed by atoms with Crippen LogP contribution >= 0.6 is 22.6 Å².